The molecule has 1 spiro atoms. The maximum absolute atomic E-state index is 5.60. The van der Waals surface area contributed by atoms with Crippen LogP contribution < -0.4 is 0 Å². The van der Waals surface area contributed by atoms with Crippen molar-refractivity contribution in [3.8, 4) is 28.3 Å². The smallest absolute Gasteiger partial charge is 0.235 e. The van der Waals surface area contributed by atoms with Crippen LogP contribution >= 0.6 is 0 Å². The lowest BCUT2D eigenvalue weighted by atomic mass is 9.67. The Morgan fingerprint density at radius 2 is 1.16 bits per heavy atom. The molecule has 3 heteroatoms. The Kier molecular flexibility index (Phi) is 5.60. The molecule has 2 aliphatic rings. The van der Waals surface area contributed by atoms with Crippen LogP contribution in [-0.2, 0) is 5.41 Å². The van der Waals surface area contributed by atoms with E-state index in [1.54, 1.807) is 0 Å². The highest BCUT2D eigenvalue weighted by molar-refractivity contribution is 6.27. The SMILES string of the molecule is c1ccc2c(c1)-c1c(c3c(c4ccccc14)c1ccccc1n3-c1nc(-c3cccc4ccccc34)c3ccccc3n1)C21CCCCC1. The van der Waals surface area contributed by atoms with Gasteiger partial charge in [0.25, 0.3) is 0 Å². The van der Waals surface area contributed by atoms with E-state index in [0.717, 1.165) is 46.5 Å². The van der Waals surface area contributed by atoms with E-state index in [-0.39, 0.29) is 5.41 Å². The fourth-order valence-corrected chi connectivity index (χ4v) is 9.60. The molecule has 1 saturated carbocycles. The Morgan fingerprint density at radius 1 is 0.510 bits per heavy atom. The van der Waals surface area contributed by atoms with Gasteiger partial charge in [-0.05, 0) is 68.8 Å². The summed E-state index contributed by atoms with van der Waals surface area (Å²) in [6.07, 6.45) is 6.08. The summed E-state index contributed by atoms with van der Waals surface area (Å²) in [7, 11) is 0. The maximum atomic E-state index is 5.60. The molecule has 7 aromatic carbocycles. The van der Waals surface area contributed by atoms with E-state index >= 15 is 0 Å². The number of rotatable bonds is 2. The predicted molar refractivity (Wildman–Crippen MR) is 204 cm³/mol. The van der Waals surface area contributed by atoms with Crippen LogP contribution in [0.25, 0.3) is 82.6 Å². The van der Waals surface area contributed by atoms with Crippen molar-refractivity contribution in [1.29, 1.82) is 0 Å². The minimum Gasteiger partial charge on any atom is -0.278 e. The third kappa shape index (κ3) is 3.62. The summed E-state index contributed by atoms with van der Waals surface area (Å²) in [5.74, 6) is 0.729. The molecular formula is C46H33N3. The third-order valence-corrected chi connectivity index (χ3v) is 11.6. The second kappa shape index (κ2) is 10.1. The molecule has 0 unspecified atom stereocenters. The van der Waals surface area contributed by atoms with Gasteiger partial charge in [0.2, 0.25) is 5.95 Å². The summed E-state index contributed by atoms with van der Waals surface area (Å²) in [6, 6.07) is 50.9. The van der Waals surface area contributed by atoms with Gasteiger partial charge in [0.15, 0.2) is 0 Å². The minimum absolute atomic E-state index is 0.0477. The quantitative estimate of drug-likeness (QED) is 0.191. The maximum Gasteiger partial charge on any atom is 0.235 e. The lowest BCUT2D eigenvalue weighted by molar-refractivity contribution is 0.354. The normalized spacial score (nSPS) is 15.1. The van der Waals surface area contributed by atoms with E-state index in [9.17, 15) is 0 Å². The first-order valence-corrected chi connectivity index (χ1v) is 17.7. The van der Waals surface area contributed by atoms with Crippen LogP contribution in [0.3, 0.4) is 0 Å². The predicted octanol–water partition coefficient (Wildman–Crippen LogP) is 11.9. The molecule has 1 fully saturated rings. The zero-order valence-electron chi connectivity index (χ0n) is 27.2. The monoisotopic (exact) mass is 627 g/mol. The number of fused-ring (bicyclic) bond motifs is 14. The van der Waals surface area contributed by atoms with Gasteiger partial charge in [-0.2, -0.15) is 0 Å². The molecule has 2 aromatic heterocycles. The van der Waals surface area contributed by atoms with Gasteiger partial charge >= 0.3 is 0 Å². The summed E-state index contributed by atoms with van der Waals surface area (Å²) >= 11 is 0. The van der Waals surface area contributed by atoms with Crippen molar-refractivity contribution < 1.29 is 0 Å². The van der Waals surface area contributed by atoms with Crippen molar-refractivity contribution in [1.82, 2.24) is 14.5 Å². The van der Waals surface area contributed by atoms with E-state index in [2.05, 4.69) is 144 Å². The number of benzene rings is 7. The minimum atomic E-state index is -0.0477. The Morgan fingerprint density at radius 3 is 2.04 bits per heavy atom. The Hall–Kier alpha value is -5.80. The molecule has 9 aromatic rings. The van der Waals surface area contributed by atoms with Crippen molar-refractivity contribution in [3.63, 3.8) is 0 Å². The van der Waals surface area contributed by atoms with Gasteiger partial charge in [-0.1, -0.05) is 147 Å². The van der Waals surface area contributed by atoms with Crippen LogP contribution in [-0.4, -0.2) is 14.5 Å². The van der Waals surface area contributed by atoms with E-state index < -0.39 is 0 Å². The number of nitrogens with zero attached hydrogens (tertiary/aromatic N) is 3. The lowest BCUT2D eigenvalue weighted by Crippen LogP contribution is -2.28. The summed E-state index contributed by atoms with van der Waals surface area (Å²) in [4.78, 5) is 11.0. The van der Waals surface area contributed by atoms with Crippen LogP contribution in [0.4, 0.5) is 0 Å². The van der Waals surface area contributed by atoms with Crippen molar-refractivity contribution in [2.45, 2.75) is 37.5 Å². The molecule has 2 heterocycles. The van der Waals surface area contributed by atoms with E-state index in [1.165, 1.54) is 79.4 Å². The highest BCUT2D eigenvalue weighted by Crippen LogP contribution is 2.60. The van der Waals surface area contributed by atoms with Gasteiger partial charge < -0.3 is 0 Å². The van der Waals surface area contributed by atoms with Gasteiger partial charge in [0.05, 0.1) is 22.2 Å². The fourth-order valence-electron chi connectivity index (χ4n) is 9.60. The third-order valence-electron chi connectivity index (χ3n) is 11.6. The van der Waals surface area contributed by atoms with Crippen LogP contribution in [0.1, 0.15) is 43.2 Å². The molecule has 0 atom stereocenters. The number of aromatic nitrogens is 3. The second-order valence-electron chi connectivity index (χ2n) is 14.0. The molecular weight excluding hydrogens is 595 g/mol. The fraction of sp³-hybridized carbons (Fsp3) is 0.130. The molecule has 0 amide bonds. The van der Waals surface area contributed by atoms with Crippen LogP contribution in [0, 0.1) is 0 Å². The molecule has 49 heavy (non-hydrogen) atoms. The van der Waals surface area contributed by atoms with E-state index in [4.69, 9.17) is 9.97 Å². The average molecular weight is 628 g/mol. The van der Waals surface area contributed by atoms with Crippen molar-refractivity contribution in [2.24, 2.45) is 0 Å². The molecule has 3 nitrogen and oxygen atoms in total. The molecule has 11 rings (SSSR count). The molecule has 0 N–H and O–H groups in total. The Balaban J connectivity index is 1.35. The summed E-state index contributed by atoms with van der Waals surface area (Å²) in [5.41, 5.74) is 11.2. The topological polar surface area (TPSA) is 30.7 Å². The summed E-state index contributed by atoms with van der Waals surface area (Å²) < 4.78 is 2.43. The molecule has 232 valence electrons. The van der Waals surface area contributed by atoms with Crippen LogP contribution in [0.5, 0.6) is 0 Å². The zero-order valence-corrected chi connectivity index (χ0v) is 27.2. The number of para-hydroxylation sites is 2. The highest BCUT2D eigenvalue weighted by atomic mass is 15.2. The average Bonchev–Trinajstić information content (AvgIpc) is 3.65. The largest absolute Gasteiger partial charge is 0.278 e. The molecule has 2 aliphatic carbocycles. The van der Waals surface area contributed by atoms with Gasteiger partial charge in [0.1, 0.15) is 0 Å². The first-order valence-electron chi connectivity index (χ1n) is 17.7. The first-order chi connectivity index (χ1) is 24.3. The zero-order chi connectivity index (χ0) is 32.1. The second-order valence-corrected chi connectivity index (χ2v) is 14.0. The number of hydrogen-bond donors (Lipinski definition) is 0. The summed E-state index contributed by atoms with van der Waals surface area (Å²) in [6.45, 7) is 0. The van der Waals surface area contributed by atoms with E-state index in [0.29, 0.717) is 0 Å². The Bertz CT molecular complexity index is 2810. The molecule has 0 bridgehead atoms. The summed E-state index contributed by atoms with van der Waals surface area (Å²) in [5, 5.41) is 8.68. The van der Waals surface area contributed by atoms with Crippen molar-refractivity contribution >= 4 is 54.3 Å². The van der Waals surface area contributed by atoms with Crippen LogP contribution in [0.2, 0.25) is 0 Å². The van der Waals surface area contributed by atoms with Crippen molar-refractivity contribution in [2.75, 3.05) is 0 Å². The van der Waals surface area contributed by atoms with Gasteiger partial charge in [-0.15, -0.1) is 0 Å². The van der Waals surface area contributed by atoms with Crippen LogP contribution in [0.15, 0.2) is 140 Å². The molecule has 0 radical (unpaired) electrons. The molecule has 0 aliphatic heterocycles. The first kappa shape index (κ1) is 27.2. The highest BCUT2D eigenvalue weighted by Gasteiger charge is 2.47. The lowest BCUT2D eigenvalue weighted by Gasteiger charge is -2.36. The standard InChI is InChI=1S/C46H33N3/c1-12-27-46(28-13-1)37-24-9-6-20-34(37)40-31-18-4-5-19-32(31)41-36-22-8-11-26-39(36)49(44(41)42(40)46)45-47-38-25-10-7-21-35(38)43(48-45)33-23-14-16-29-15-2-3-17-30(29)33/h2-11,14-26H,1,12-13,27-28H2. The van der Waals surface area contributed by atoms with Gasteiger partial charge in [-0.25, -0.2) is 9.97 Å². The number of hydrogen-bond acceptors (Lipinski definition) is 2. The van der Waals surface area contributed by atoms with E-state index in [1.807, 2.05) is 0 Å². The van der Waals surface area contributed by atoms with Gasteiger partial charge in [0, 0.05) is 27.1 Å². The van der Waals surface area contributed by atoms with Gasteiger partial charge in [-0.3, -0.25) is 4.57 Å². The molecule has 0 saturated heterocycles. The Labute approximate surface area is 284 Å². The van der Waals surface area contributed by atoms with Crippen molar-refractivity contribution in [3.05, 3.63) is 151 Å².